The number of esters is 1. The van der Waals surface area contributed by atoms with Crippen LogP contribution in [0.1, 0.15) is 27.3 Å². The number of methoxy groups -OCH3 is 3. The second kappa shape index (κ2) is 7.69. The van der Waals surface area contributed by atoms with E-state index in [-0.39, 0.29) is 12.3 Å². The lowest BCUT2D eigenvalue weighted by Gasteiger charge is -2.27. The fraction of sp³-hybridized carbons (Fsp3) is 0.421. The van der Waals surface area contributed by atoms with E-state index in [1.165, 1.54) is 7.11 Å². The number of hydrogen-bond donors (Lipinski definition) is 0. The second-order valence-electron chi connectivity index (χ2n) is 6.32. The van der Waals surface area contributed by atoms with Crippen LogP contribution in [0.25, 0.3) is 0 Å². The topological polar surface area (TPSA) is 82.9 Å². The molecule has 0 N–H and O–H groups in total. The van der Waals surface area contributed by atoms with Gasteiger partial charge in [0.2, 0.25) is 5.91 Å². The largest absolute Gasteiger partial charge is 0.493 e. The molecule has 1 aliphatic rings. The van der Waals surface area contributed by atoms with Crippen LogP contribution in [-0.2, 0) is 36.0 Å². The van der Waals surface area contributed by atoms with Gasteiger partial charge < -0.3 is 19.1 Å². The Hall–Kier alpha value is -3.03. The zero-order chi connectivity index (χ0) is 19.6. The van der Waals surface area contributed by atoms with Crippen molar-refractivity contribution < 1.29 is 23.8 Å². The van der Waals surface area contributed by atoms with Crippen LogP contribution in [0, 0.1) is 0 Å². The first-order valence-electron chi connectivity index (χ1n) is 8.60. The van der Waals surface area contributed by atoms with E-state index < -0.39 is 5.97 Å². The monoisotopic (exact) mass is 373 g/mol. The normalized spacial score (nSPS) is 13.1. The van der Waals surface area contributed by atoms with Crippen LogP contribution in [-0.4, -0.2) is 54.4 Å². The molecular formula is C19H23N3O5. The lowest BCUT2D eigenvalue weighted by Crippen LogP contribution is -2.37. The van der Waals surface area contributed by atoms with Crippen LogP contribution in [0.3, 0.4) is 0 Å². The molecule has 27 heavy (non-hydrogen) atoms. The summed E-state index contributed by atoms with van der Waals surface area (Å²) in [5, 5.41) is 4.26. The number of benzene rings is 1. The van der Waals surface area contributed by atoms with Crippen LogP contribution in [0.2, 0.25) is 0 Å². The van der Waals surface area contributed by atoms with Gasteiger partial charge in [-0.2, -0.15) is 5.10 Å². The molecule has 0 saturated carbocycles. The molecule has 3 rings (SSSR count). The fourth-order valence-corrected chi connectivity index (χ4v) is 3.32. The zero-order valence-electron chi connectivity index (χ0n) is 15.9. The smallest absolute Gasteiger partial charge is 0.358 e. The molecule has 144 valence electrons. The Labute approximate surface area is 157 Å². The molecule has 0 radical (unpaired) electrons. The van der Waals surface area contributed by atoms with Crippen molar-refractivity contribution in [3.05, 3.63) is 40.7 Å². The van der Waals surface area contributed by atoms with Crippen LogP contribution in [0.5, 0.6) is 11.5 Å². The predicted octanol–water partition coefficient (Wildman–Crippen LogP) is 1.35. The van der Waals surface area contributed by atoms with Crippen LogP contribution in [0.15, 0.2) is 18.2 Å². The summed E-state index contributed by atoms with van der Waals surface area (Å²) >= 11 is 0. The molecule has 1 aliphatic heterocycles. The highest BCUT2D eigenvalue weighted by Gasteiger charge is 2.29. The van der Waals surface area contributed by atoms with Crippen molar-refractivity contribution in [2.45, 2.75) is 19.4 Å². The van der Waals surface area contributed by atoms with Crippen molar-refractivity contribution in [3.8, 4) is 11.5 Å². The lowest BCUT2D eigenvalue weighted by molar-refractivity contribution is -0.131. The minimum absolute atomic E-state index is 0.00804. The molecule has 0 bridgehead atoms. The second-order valence-corrected chi connectivity index (χ2v) is 6.32. The number of aromatic nitrogens is 2. The summed E-state index contributed by atoms with van der Waals surface area (Å²) in [4.78, 5) is 26.4. The van der Waals surface area contributed by atoms with Gasteiger partial charge in [-0.3, -0.25) is 9.48 Å². The molecule has 2 aromatic rings. The van der Waals surface area contributed by atoms with Crippen molar-refractivity contribution in [2.24, 2.45) is 7.05 Å². The maximum atomic E-state index is 12.8. The molecule has 0 saturated heterocycles. The van der Waals surface area contributed by atoms with Gasteiger partial charge in [0.05, 0.1) is 40.0 Å². The Morgan fingerprint density at radius 3 is 2.56 bits per heavy atom. The average molecular weight is 373 g/mol. The van der Waals surface area contributed by atoms with Crippen molar-refractivity contribution in [3.63, 3.8) is 0 Å². The summed E-state index contributed by atoms with van der Waals surface area (Å²) in [6.45, 7) is 0.955. The number of fused-ring (bicyclic) bond motifs is 1. The minimum Gasteiger partial charge on any atom is -0.493 e. The predicted molar refractivity (Wildman–Crippen MR) is 96.9 cm³/mol. The zero-order valence-corrected chi connectivity index (χ0v) is 15.9. The Morgan fingerprint density at radius 2 is 1.89 bits per heavy atom. The average Bonchev–Trinajstić information content (AvgIpc) is 3.03. The Morgan fingerprint density at radius 1 is 1.15 bits per heavy atom. The Kier molecular flexibility index (Phi) is 5.34. The summed E-state index contributed by atoms with van der Waals surface area (Å²) in [6, 6.07) is 5.46. The van der Waals surface area contributed by atoms with Gasteiger partial charge in [0.25, 0.3) is 0 Å². The summed E-state index contributed by atoms with van der Waals surface area (Å²) in [7, 11) is 6.25. The number of carbonyl (C=O) groups is 2. The molecular weight excluding hydrogens is 350 g/mol. The van der Waals surface area contributed by atoms with Crippen LogP contribution >= 0.6 is 0 Å². The van der Waals surface area contributed by atoms with E-state index in [9.17, 15) is 9.59 Å². The summed E-state index contributed by atoms with van der Waals surface area (Å²) in [5.41, 5.74) is 2.91. The first kappa shape index (κ1) is 18.8. The summed E-state index contributed by atoms with van der Waals surface area (Å²) in [6.07, 6.45) is 0.836. The van der Waals surface area contributed by atoms with E-state index in [0.29, 0.717) is 36.7 Å². The molecule has 0 fully saturated rings. The molecule has 8 nitrogen and oxygen atoms in total. The van der Waals surface area contributed by atoms with Crippen LogP contribution in [0.4, 0.5) is 0 Å². The summed E-state index contributed by atoms with van der Waals surface area (Å²) in [5.74, 6) is 0.783. The number of carbonyl (C=O) groups excluding carboxylic acids is 2. The standard InChI is InChI=1S/C19H23N3O5/c1-21-14-11-22(8-7-13(14)18(20-21)19(24)27-4)17(23)10-12-5-6-15(25-2)16(9-12)26-3/h5-6,9H,7-8,10-11H2,1-4H3. The molecule has 0 atom stereocenters. The van der Waals surface area contributed by atoms with Gasteiger partial charge in [-0.1, -0.05) is 6.07 Å². The maximum absolute atomic E-state index is 12.8. The van der Waals surface area contributed by atoms with E-state index in [1.54, 1.807) is 36.9 Å². The quantitative estimate of drug-likeness (QED) is 0.736. The Bertz CT molecular complexity index is 874. The van der Waals surface area contributed by atoms with Crippen molar-refractivity contribution >= 4 is 11.9 Å². The number of aryl methyl sites for hydroxylation is 1. The van der Waals surface area contributed by atoms with E-state index in [4.69, 9.17) is 14.2 Å². The summed E-state index contributed by atoms with van der Waals surface area (Å²) < 4.78 is 17.0. The minimum atomic E-state index is -0.447. The molecule has 8 heteroatoms. The van der Waals surface area contributed by atoms with Gasteiger partial charge in [0.1, 0.15) is 0 Å². The van der Waals surface area contributed by atoms with E-state index >= 15 is 0 Å². The molecule has 1 aromatic carbocycles. The molecule has 0 unspecified atom stereocenters. The third kappa shape index (κ3) is 3.60. The van der Waals surface area contributed by atoms with Crippen molar-refractivity contribution in [2.75, 3.05) is 27.9 Å². The molecule has 1 amide bonds. The third-order valence-electron chi connectivity index (χ3n) is 4.78. The lowest BCUT2D eigenvalue weighted by atomic mass is 10.0. The van der Waals surface area contributed by atoms with Crippen molar-refractivity contribution in [1.82, 2.24) is 14.7 Å². The van der Waals surface area contributed by atoms with Gasteiger partial charge in [-0.25, -0.2) is 4.79 Å². The van der Waals surface area contributed by atoms with Gasteiger partial charge in [-0.05, 0) is 24.1 Å². The first-order chi connectivity index (χ1) is 13.0. The SMILES string of the molecule is COC(=O)c1nn(C)c2c1CCN(C(=O)Cc1ccc(OC)c(OC)c1)C2. The third-order valence-corrected chi connectivity index (χ3v) is 4.78. The maximum Gasteiger partial charge on any atom is 0.358 e. The molecule has 0 aliphatic carbocycles. The van der Waals surface area contributed by atoms with Gasteiger partial charge >= 0.3 is 5.97 Å². The molecule has 2 heterocycles. The van der Waals surface area contributed by atoms with Gasteiger partial charge in [-0.15, -0.1) is 0 Å². The number of hydrogen-bond acceptors (Lipinski definition) is 6. The molecule has 1 aromatic heterocycles. The van der Waals surface area contributed by atoms with Gasteiger partial charge in [0, 0.05) is 19.2 Å². The van der Waals surface area contributed by atoms with Gasteiger partial charge in [0.15, 0.2) is 17.2 Å². The molecule has 0 spiro atoms. The highest BCUT2D eigenvalue weighted by molar-refractivity contribution is 5.89. The van der Waals surface area contributed by atoms with Crippen molar-refractivity contribution in [1.29, 1.82) is 0 Å². The number of amides is 1. The number of ether oxygens (including phenoxy) is 3. The van der Waals surface area contributed by atoms with Crippen LogP contribution < -0.4 is 9.47 Å². The fourth-order valence-electron chi connectivity index (χ4n) is 3.32. The first-order valence-corrected chi connectivity index (χ1v) is 8.60. The number of nitrogens with zero attached hydrogens (tertiary/aromatic N) is 3. The van der Waals surface area contributed by atoms with E-state index in [0.717, 1.165) is 16.8 Å². The van der Waals surface area contributed by atoms with E-state index in [1.807, 2.05) is 12.1 Å². The highest BCUT2D eigenvalue weighted by atomic mass is 16.5. The highest BCUT2D eigenvalue weighted by Crippen LogP contribution is 2.28. The Balaban J connectivity index is 1.75. The van der Waals surface area contributed by atoms with E-state index in [2.05, 4.69) is 5.10 Å². The number of rotatable bonds is 5.